The molecular formula is C11H16ClFN2O. The third-order valence-corrected chi connectivity index (χ3v) is 2.37. The molecule has 0 saturated carbocycles. The summed E-state index contributed by atoms with van der Waals surface area (Å²) in [5.74, 6) is 4.98. The average molecular weight is 247 g/mol. The van der Waals surface area contributed by atoms with Crippen molar-refractivity contribution >= 4 is 11.6 Å². The first-order valence-corrected chi connectivity index (χ1v) is 5.45. The van der Waals surface area contributed by atoms with Crippen LogP contribution < -0.4 is 11.3 Å². The maximum Gasteiger partial charge on any atom is 0.129 e. The SMILES string of the molecule is CC(C)OCC(NN)c1ccc(Cl)cc1F. The minimum Gasteiger partial charge on any atom is -0.377 e. The standard InChI is InChI=1S/C11H16ClFN2O/c1-7(2)16-6-11(15-14)9-4-3-8(12)5-10(9)13/h3-5,7,11,15H,6,14H2,1-2H3. The van der Waals surface area contributed by atoms with Crippen LogP contribution in [-0.4, -0.2) is 12.7 Å². The van der Waals surface area contributed by atoms with Crippen molar-refractivity contribution in [2.75, 3.05) is 6.61 Å². The predicted octanol–water partition coefficient (Wildman–Crippen LogP) is 2.41. The molecule has 3 N–H and O–H groups in total. The van der Waals surface area contributed by atoms with E-state index in [-0.39, 0.29) is 18.0 Å². The number of hydrazine groups is 1. The number of benzene rings is 1. The lowest BCUT2D eigenvalue weighted by Gasteiger charge is -2.18. The van der Waals surface area contributed by atoms with Crippen molar-refractivity contribution in [1.82, 2.24) is 5.43 Å². The van der Waals surface area contributed by atoms with Crippen LogP contribution in [0.15, 0.2) is 18.2 Å². The van der Waals surface area contributed by atoms with E-state index in [9.17, 15) is 4.39 Å². The monoisotopic (exact) mass is 246 g/mol. The first kappa shape index (κ1) is 13.4. The third-order valence-electron chi connectivity index (χ3n) is 2.14. The Kier molecular flexibility index (Phi) is 5.15. The highest BCUT2D eigenvalue weighted by Gasteiger charge is 2.15. The van der Waals surface area contributed by atoms with Gasteiger partial charge in [0.2, 0.25) is 0 Å². The number of hydrogen-bond donors (Lipinski definition) is 2. The Morgan fingerprint density at radius 3 is 2.69 bits per heavy atom. The zero-order chi connectivity index (χ0) is 12.1. The van der Waals surface area contributed by atoms with Crippen molar-refractivity contribution in [3.8, 4) is 0 Å². The van der Waals surface area contributed by atoms with Gasteiger partial charge in [-0.1, -0.05) is 17.7 Å². The van der Waals surface area contributed by atoms with Gasteiger partial charge in [-0.2, -0.15) is 0 Å². The highest BCUT2D eigenvalue weighted by atomic mass is 35.5. The van der Waals surface area contributed by atoms with Crippen LogP contribution in [0.5, 0.6) is 0 Å². The van der Waals surface area contributed by atoms with Gasteiger partial charge in [-0.15, -0.1) is 0 Å². The first-order valence-electron chi connectivity index (χ1n) is 5.07. The van der Waals surface area contributed by atoms with Crippen LogP contribution in [0.25, 0.3) is 0 Å². The summed E-state index contributed by atoms with van der Waals surface area (Å²) in [6, 6.07) is 4.11. The molecule has 0 radical (unpaired) electrons. The third kappa shape index (κ3) is 3.72. The second kappa shape index (κ2) is 6.15. The Morgan fingerprint density at radius 2 is 2.19 bits per heavy atom. The minimum absolute atomic E-state index is 0.0752. The number of nitrogens with one attached hydrogen (secondary N) is 1. The lowest BCUT2D eigenvalue weighted by atomic mass is 10.1. The van der Waals surface area contributed by atoms with Crippen LogP contribution in [-0.2, 0) is 4.74 Å². The van der Waals surface area contributed by atoms with Gasteiger partial charge >= 0.3 is 0 Å². The maximum absolute atomic E-state index is 13.6. The minimum atomic E-state index is -0.386. The summed E-state index contributed by atoms with van der Waals surface area (Å²) in [4.78, 5) is 0. The summed E-state index contributed by atoms with van der Waals surface area (Å²) in [5, 5.41) is 0.363. The molecule has 0 aromatic heterocycles. The van der Waals surface area contributed by atoms with Gasteiger partial charge in [0.1, 0.15) is 5.82 Å². The molecule has 3 nitrogen and oxygen atoms in total. The highest BCUT2D eigenvalue weighted by Crippen LogP contribution is 2.20. The first-order chi connectivity index (χ1) is 7.54. The van der Waals surface area contributed by atoms with E-state index in [1.54, 1.807) is 12.1 Å². The van der Waals surface area contributed by atoms with E-state index in [0.29, 0.717) is 17.2 Å². The second-order valence-electron chi connectivity index (χ2n) is 3.77. The van der Waals surface area contributed by atoms with Gasteiger partial charge in [0.25, 0.3) is 0 Å². The fourth-order valence-corrected chi connectivity index (χ4v) is 1.46. The Hall–Kier alpha value is -0.680. The van der Waals surface area contributed by atoms with Gasteiger partial charge in [0, 0.05) is 10.6 Å². The van der Waals surface area contributed by atoms with Gasteiger partial charge in [0.15, 0.2) is 0 Å². The molecule has 0 aliphatic heterocycles. The molecule has 0 heterocycles. The van der Waals surface area contributed by atoms with Crippen molar-refractivity contribution in [1.29, 1.82) is 0 Å². The van der Waals surface area contributed by atoms with E-state index in [0.717, 1.165) is 0 Å². The summed E-state index contributed by atoms with van der Waals surface area (Å²) in [6.07, 6.45) is 0.0752. The lowest BCUT2D eigenvalue weighted by molar-refractivity contribution is 0.0604. The van der Waals surface area contributed by atoms with Crippen LogP contribution in [0.2, 0.25) is 5.02 Å². The average Bonchev–Trinajstić information content (AvgIpc) is 2.21. The summed E-state index contributed by atoms with van der Waals surface area (Å²) in [5.41, 5.74) is 2.98. The van der Waals surface area contributed by atoms with Crippen molar-refractivity contribution in [2.24, 2.45) is 5.84 Å². The van der Waals surface area contributed by atoms with Crippen molar-refractivity contribution in [3.63, 3.8) is 0 Å². The normalized spacial score (nSPS) is 13.1. The van der Waals surface area contributed by atoms with Crippen LogP contribution in [0.4, 0.5) is 4.39 Å². The molecule has 1 unspecified atom stereocenters. The molecule has 1 aromatic carbocycles. The Bertz CT molecular complexity index is 347. The van der Waals surface area contributed by atoms with E-state index in [1.165, 1.54) is 6.07 Å². The number of ether oxygens (including phenoxy) is 1. The van der Waals surface area contributed by atoms with Crippen LogP contribution in [0.1, 0.15) is 25.5 Å². The topological polar surface area (TPSA) is 47.3 Å². The molecule has 0 spiro atoms. The molecule has 90 valence electrons. The van der Waals surface area contributed by atoms with Gasteiger partial charge in [-0.05, 0) is 26.0 Å². The van der Waals surface area contributed by atoms with Gasteiger partial charge in [0.05, 0.1) is 18.8 Å². The molecule has 0 amide bonds. The predicted molar refractivity (Wildman–Crippen MR) is 62.6 cm³/mol. The van der Waals surface area contributed by atoms with Crippen LogP contribution >= 0.6 is 11.6 Å². The Labute approximate surface area is 99.7 Å². The molecule has 0 saturated heterocycles. The Morgan fingerprint density at radius 1 is 1.50 bits per heavy atom. The van der Waals surface area contributed by atoms with E-state index < -0.39 is 0 Å². The van der Waals surface area contributed by atoms with E-state index in [2.05, 4.69) is 5.43 Å². The summed E-state index contributed by atoms with van der Waals surface area (Å²) >= 11 is 5.67. The highest BCUT2D eigenvalue weighted by molar-refractivity contribution is 6.30. The van der Waals surface area contributed by atoms with Gasteiger partial charge in [-0.25, -0.2) is 4.39 Å². The van der Waals surface area contributed by atoms with E-state index >= 15 is 0 Å². The van der Waals surface area contributed by atoms with E-state index in [4.69, 9.17) is 22.2 Å². The fourth-order valence-electron chi connectivity index (χ4n) is 1.30. The van der Waals surface area contributed by atoms with Gasteiger partial charge < -0.3 is 4.74 Å². The van der Waals surface area contributed by atoms with Crippen molar-refractivity contribution in [3.05, 3.63) is 34.6 Å². The maximum atomic E-state index is 13.6. The molecule has 0 fully saturated rings. The van der Waals surface area contributed by atoms with E-state index in [1.807, 2.05) is 13.8 Å². The largest absolute Gasteiger partial charge is 0.377 e. The summed E-state index contributed by atoms with van der Waals surface area (Å²) in [6.45, 7) is 4.13. The zero-order valence-electron chi connectivity index (χ0n) is 9.34. The number of hydrogen-bond acceptors (Lipinski definition) is 3. The summed E-state index contributed by atoms with van der Waals surface area (Å²) < 4.78 is 19.0. The number of halogens is 2. The molecule has 16 heavy (non-hydrogen) atoms. The Balaban J connectivity index is 2.78. The molecule has 0 bridgehead atoms. The molecule has 1 atom stereocenters. The molecule has 0 aliphatic rings. The number of nitrogens with two attached hydrogens (primary N) is 1. The number of rotatable bonds is 5. The quantitative estimate of drug-likeness (QED) is 0.620. The second-order valence-corrected chi connectivity index (χ2v) is 4.20. The molecule has 1 rings (SSSR count). The zero-order valence-corrected chi connectivity index (χ0v) is 10.1. The smallest absolute Gasteiger partial charge is 0.129 e. The molecule has 1 aromatic rings. The van der Waals surface area contributed by atoms with Crippen molar-refractivity contribution < 1.29 is 9.13 Å². The molecular weight excluding hydrogens is 231 g/mol. The van der Waals surface area contributed by atoms with Crippen LogP contribution in [0.3, 0.4) is 0 Å². The van der Waals surface area contributed by atoms with Gasteiger partial charge in [-0.3, -0.25) is 11.3 Å². The van der Waals surface area contributed by atoms with Crippen molar-refractivity contribution in [2.45, 2.75) is 26.0 Å². The lowest BCUT2D eigenvalue weighted by Crippen LogP contribution is -2.32. The van der Waals surface area contributed by atoms with Crippen LogP contribution in [0, 0.1) is 5.82 Å². The fraction of sp³-hybridized carbons (Fsp3) is 0.455. The molecule has 0 aliphatic carbocycles. The summed E-state index contributed by atoms with van der Waals surface area (Å²) in [7, 11) is 0. The molecule has 5 heteroatoms.